The maximum absolute atomic E-state index is 12.5. The molecule has 0 saturated heterocycles. The molecule has 0 aromatic heterocycles. The molecule has 0 bridgehead atoms. The van der Waals surface area contributed by atoms with E-state index in [1.165, 1.54) is 0 Å². The van der Waals surface area contributed by atoms with Gasteiger partial charge >= 0.3 is 0 Å². The fraction of sp³-hybridized carbons (Fsp3) is 0.286. The highest BCUT2D eigenvalue weighted by atomic mass is 16.5. The third-order valence-corrected chi connectivity index (χ3v) is 6.04. The van der Waals surface area contributed by atoms with Crippen molar-refractivity contribution in [2.75, 3.05) is 13.2 Å². The summed E-state index contributed by atoms with van der Waals surface area (Å²) in [6, 6.07) is 13.0. The van der Waals surface area contributed by atoms with E-state index < -0.39 is 11.8 Å². The highest BCUT2D eigenvalue weighted by Gasteiger charge is 2.30. The van der Waals surface area contributed by atoms with Gasteiger partial charge in [-0.05, 0) is 74.2 Å². The molecule has 1 saturated carbocycles. The molecule has 0 aliphatic heterocycles. The molecule has 200 valence electrons. The van der Waals surface area contributed by atoms with Crippen molar-refractivity contribution in [1.29, 1.82) is 0 Å². The van der Waals surface area contributed by atoms with Crippen LogP contribution in [0.15, 0.2) is 73.8 Å². The Labute approximate surface area is 221 Å². The van der Waals surface area contributed by atoms with Crippen LogP contribution in [0.5, 0.6) is 11.5 Å². The average Bonchev–Trinajstić information content (AvgIpc) is 2.96. The van der Waals surface area contributed by atoms with Crippen molar-refractivity contribution in [3.8, 4) is 11.5 Å². The second kappa shape index (κ2) is 14.2. The fourth-order valence-corrected chi connectivity index (χ4v) is 3.92. The summed E-state index contributed by atoms with van der Waals surface area (Å²) in [7, 11) is 0. The number of nitrogens with one attached hydrogen (secondary N) is 4. The van der Waals surface area contributed by atoms with Crippen molar-refractivity contribution in [3.63, 3.8) is 0 Å². The molecule has 0 spiro atoms. The topological polar surface area (TPSA) is 135 Å². The molecule has 0 unspecified atom stereocenters. The van der Waals surface area contributed by atoms with Gasteiger partial charge < -0.3 is 9.47 Å². The number of hydrogen-bond acceptors (Lipinski definition) is 6. The van der Waals surface area contributed by atoms with Gasteiger partial charge in [-0.2, -0.15) is 0 Å². The van der Waals surface area contributed by atoms with E-state index in [2.05, 4.69) is 34.9 Å². The third-order valence-electron chi connectivity index (χ3n) is 6.04. The maximum atomic E-state index is 12.5. The van der Waals surface area contributed by atoms with E-state index >= 15 is 0 Å². The summed E-state index contributed by atoms with van der Waals surface area (Å²) in [5, 5.41) is 0. The summed E-state index contributed by atoms with van der Waals surface area (Å²) in [4.78, 5) is 49.6. The van der Waals surface area contributed by atoms with Crippen molar-refractivity contribution < 1.29 is 28.7 Å². The van der Waals surface area contributed by atoms with E-state index in [1.54, 1.807) is 60.7 Å². The predicted octanol–water partition coefficient (Wildman–Crippen LogP) is 2.84. The molecule has 10 heteroatoms. The van der Waals surface area contributed by atoms with Crippen molar-refractivity contribution in [1.82, 2.24) is 21.7 Å². The lowest BCUT2D eigenvalue weighted by atomic mass is 9.81. The summed E-state index contributed by atoms with van der Waals surface area (Å²) >= 11 is 0. The first-order valence-electron chi connectivity index (χ1n) is 12.3. The zero-order valence-corrected chi connectivity index (χ0v) is 21.0. The standard InChI is InChI=1S/C28H32N4O6/c1-3-17-37-23-13-9-21(10-14-23)27(35)31-29-25(33)19-5-7-20(8-6-19)26(34)30-32-28(36)22-11-15-24(16-12-22)38-18-4-2/h3-4,9-16,19-20H,1-2,5-8,17-18H2,(H,29,33)(H,30,34)(H,31,35)(H,32,36). The van der Waals surface area contributed by atoms with Gasteiger partial charge in [0, 0.05) is 23.0 Å². The van der Waals surface area contributed by atoms with E-state index in [1.807, 2.05) is 0 Å². The quantitative estimate of drug-likeness (QED) is 0.281. The predicted molar refractivity (Wildman–Crippen MR) is 141 cm³/mol. The summed E-state index contributed by atoms with van der Waals surface area (Å²) in [6.45, 7) is 7.88. The van der Waals surface area contributed by atoms with Crippen LogP contribution in [0.4, 0.5) is 0 Å². The van der Waals surface area contributed by atoms with Crippen molar-refractivity contribution >= 4 is 23.6 Å². The Hall–Kier alpha value is -4.60. The first-order chi connectivity index (χ1) is 18.4. The summed E-state index contributed by atoms with van der Waals surface area (Å²) in [5.74, 6) is -0.957. The minimum atomic E-state index is -0.448. The molecule has 2 aromatic carbocycles. The Kier molecular flexibility index (Phi) is 10.5. The SMILES string of the molecule is C=CCOc1ccc(C(=O)NNC(=O)C2CCC(C(=O)NNC(=O)c3ccc(OCC=C)cc3)CC2)cc1. The molecule has 4 amide bonds. The Morgan fingerprint density at radius 2 is 0.974 bits per heavy atom. The van der Waals surface area contributed by atoms with Gasteiger partial charge in [-0.1, -0.05) is 25.3 Å². The van der Waals surface area contributed by atoms with Gasteiger partial charge in [0.1, 0.15) is 24.7 Å². The largest absolute Gasteiger partial charge is 0.490 e. The summed E-state index contributed by atoms with van der Waals surface area (Å²) in [6.07, 6.45) is 5.17. The van der Waals surface area contributed by atoms with Crippen LogP contribution in [0.3, 0.4) is 0 Å². The van der Waals surface area contributed by atoms with Crippen LogP contribution in [0.2, 0.25) is 0 Å². The van der Waals surface area contributed by atoms with E-state index in [-0.39, 0.29) is 23.7 Å². The lowest BCUT2D eigenvalue weighted by Gasteiger charge is -2.27. The zero-order chi connectivity index (χ0) is 27.3. The number of ether oxygens (including phenoxy) is 2. The van der Waals surface area contributed by atoms with Crippen molar-refractivity contribution in [2.24, 2.45) is 11.8 Å². The molecule has 38 heavy (non-hydrogen) atoms. The molecule has 1 fully saturated rings. The number of amides is 4. The van der Waals surface area contributed by atoms with E-state index in [9.17, 15) is 19.2 Å². The van der Waals surface area contributed by atoms with Gasteiger partial charge in [0.05, 0.1) is 0 Å². The first-order valence-corrected chi connectivity index (χ1v) is 12.3. The van der Waals surface area contributed by atoms with Crippen LogP contribution in [0.25, 0.3) is 0 Å². The van der Waals surface area contributed by atoms with Crippen LogP contribution in [-0.2, 0) is 9.59 Å². The number of hydrazine groups is 2. The van der Waals surface area contributed by atoms with Gasteiger partial charge in [0.15, 0.2) is 0 Å². The number of carbonyl (C=O) groups is 4. The van der Waals surface area contributed by atoms with Crippen molar-refractivity contribution in [3.05, 3.63) is 85.0 Å². The Morgan fingerprint density at radius 1 is 0.632 bits per heavy atom. The normalized spacial score (nSPS) is 16.3. The molecule has 3 rings (SSSR count). The Balaban J connectivity index is 1.36. The number of rotatable bonds is 10. The molecule has 1 aliphatic carbocycles. The molecule has 10 nitrogen and oxygen atoms in total. The average molecular weight is 521 g/mol. The van der Waals surface area contributed by atoms with Gasteiger partial charge in [-0.15, -0.1) is 0 Å². The van der Waals surface area contributed by atoms with Crippen LogP contribution in [0.1, 0.15) is 46.4 Å². The van der Waals surface area contributed by atoms with Gasteiger partial charge in [0.2, 0.25) is 11.8 Å². The molecular formula is C28H32N4O6. The Bertz CT molecular complexity index is 1050. The summed E-state index contributed by atoms with van der Waals surface area (Å²) in [5.41, 5.74) is 10.5. The summed E-state index contributed by atoms with van der Waals surface area (Å²) < 4.78 is 10.8. The molecule has 0 atom stereocenters. The van der Waals surface area contributed by atoms with Gasteiger partial charge in [-0.3, -0.25) is 40.9 Å². The van der Waals surface area contributed by atoms with E-state index in [0.29, 0.717) is 61.5 Å². The highest BCUT2D eigenvalue weighted by Crippen LogP contribution is 2.29. The third kappa shape index (κ3) is 8.22. The lowest BCUT2D eigenvalue weighted by Crippen LogP contribution is -2.47. The van der Waals surface area contributed by atoms with Gasteiger partial charge in [0.25, 0.3) is 11.8 Å². The lowest BCUT2D eigenvalue weighted by molar-refractivity contribution is -0.131. The smallest absolute Gasteiger partial charge is 0.269 e. The monoisotopic (exact) mass is 520 g/mol. The van der Waals surface area contributed by atoms with E-state index in [4.69, 9.17) is 9.47 Å². The zero-order valence-electron chi connectivity index (χ0n) is 21.0. The minimum Gasteiger partial charge on any atom is -0.490 e. The Morgan fingerprint density at radius 3 is 1.29 bits per heavy atom. The maximum Gasteiger partial charge on any atom is 0.269 e. The molecule has 2 aromatic rings. The minimum absolute atomic E-state index is 0.308. The van der Waals surface area contributed by atoms with E-state index in [0.717, 1.165) is 0 Å². The molecule has 4 N–H and O–H groups in total. The second-order valence-corrected chi connectivity index (χ2v) is 8.68. The number of hydrogen-bond donors (Lipinski definition) is 4. The number of carbonyl (C=O) groups excluding carboxylic acids is 4. The number of benzene rings is 2. The molecule has 0 heterocycles. The highest BCUT2D eigenvalue weighted by molar-refractivity contribution is 5.96. The van der Waals surface area contributed by atoms with Gasteiger partial charge in [-0.25, -0.2) is 0 Å². The second-order valence-electron chi connectivity index (χ2n) is 8.68. The van der Waals surface area contributed by atoms with Crippen molar-refractivity contribution in [2.45, 2.75) is 25.7 Å². The first kappa shape index (κ1) is 28.0. The van der Waals surface area contributed by atoms with Crippen LogP contribution < -0.4 is 31.2 Å². The van der Waals surface area contributed by atoms with Crippen LogP contribution in [0, 0.1) is 11.8 Å². The van der Waals surface area contributed by atoms with Crippen LogP contribution in [-0.4, -0.2) is 36.8 Å². The molecular weight excluding hydrogens is 488 g/mol. The molecule has 0 radical (unpaired) electrons. The van der Waals surface area contributed by atoms with Crippen LogP contribution >= 0.6 is 0 Å². The molecule has 1 aliphatic rings. The fourth-order valence-electron chi connectivity index (χ4n) is 3.92.